The third-order valence-corrected chi connectivity index (χ3v) is 4.21. The summed E-state index contributed by atoms with van der Waals surface area (Å²) < 4.78 is 5.40. The van der Waals surface area contributed by atoms with E-state index in [0.29, 0.717) is 32.2 Å². The maximum atomic E-state index is 10.5. The number of rotatable bonds is 9. The van der Waals surface area contributed by atoms with Crippen LogP contribution in [-0.2, 0) is 4.74 Å². The highest BCUT2D eigenvalue weighted by Gasteiger charge is 2.32. The highest BCUT2D eigenvalue weighted by atomic mass is 16.5. The van der Waals surface area contributed by atoms with E-state index < -0.39 is 11.7 Å². The SMILES string of the molecule is CCC1CCC(O)(CNCC(O)COCC(C)C)CC1. The lowest BCUT2D eigenvalue weighted by Crippen LogP contribution is -2.45. The molecule has 1 aliphatic carbocycles. The van der Waals surface area contributed by atoms with Crippen molar-refractivity contribution in [1.82, 2.24) is 5.32 Å². The molecule has 1 aliphatic rings. The minimum atomic E-state index is -0.579. The van der Waals surface area contributed by atoms with Gasteiger partial charge in [0.15, 0.2) is 0 Å². The molecule has 0 saturated heterocycles. The van der Waals surface area contributed by atoms with E-state index in [1.165, 1.54) is 6.42 Å². The topological polar surface area (TPSA) is 61.7 Å². The van der Waals surface area contributed by atoms with Gasteiger partial charge in [0.2, 0.25) is 0 Å². The van der Waals surface area contributed by atoms with E-state index in [0.717, 1.165) is 31.6 Å². The fraction of sp³-hybridized carbons (Fsp3) is 1.00. The van der Waals surface area contributed by atoms with Crippen LogP contribution in [-0.4, -0.2) is 48.2 Å². The molecule has 1 atom stereocenters. The molecule has 0 aliphatic heterocycles. The van der Waals surface area contributed by atoms with Crippen molar-refractivity contribution in [3.8, 4) is 0 Å². The summed E-state index contributed by atoms with van der Waals surface area (Å²) in [4.78, 5) is 0. The van der Waals surface area contributed by atoms with Gasteiger partial charge in [0.05, 0.1) is 18.3 Å². The van der Waals surface area contributed by atoms with Gasteiger partial charge >= 0.3 is 0 Å². The molecule has 1 unspecified atom stereocenters. The molecule has 1 rings (SSSR count). The lowest BCUT2D eigenvalue weighted by molar-refractivity contribution is -0.0147. The fourth-order valence-corrected chi connectivity index (χ4v) is 2.77. The highest BCUT2D eigenvalue weighted by molar-refractivity contribution is 4.87. The van der Waals surface area contributed by atoms with Gasteiger partial charge in [0, 0.05) is 19.7 Å². The Morgan fingerprint density at radius 2 is 1.90 bits per heavy atom. The van der Waals surface area contributed by atoms with Crippen LogP contribution >= 0.6 is 0 Å². The van der Waals surface area contributed by atoms with E-state index in [2.05, 4.69) is 26.1 Å². The molecular formula is C16H33NO3. The van der Waals surface area contributed by atoms with Gasteiger partial charge in [0.1, 0.15) is 0 Å². The van der Waals surface area contributed by atoms with Crippen molar-refractivity contribution in [2.75, 3.05) is 26.3 Å². The third-order valence-electron chi connectivity index (χ3n) is 4.21. The van der Waals surface area contributed by atoms with E-state index in [-0.39, 0.29) is 0 Å². The van der Waals surface area contributed by atoms with Crippen molar-refractivity contribution in [2.24, 2.45) is 11.8 Å². The molecule has 0 aromatic rings. The summed E-state index contributed by atoms with van der Waals surface area (Å²) in [6.45, 7) is 8.50. The lowest BCUT2D eigenvalue weighted by atomic mass is 9.78. The van der Waals surface area contributed by atoms with E-state index in [1.54, 1.807) is 0 Å². The van der Waals surface area contributed by atoms with Crippen molar-refractivity contribution in [3.05, 3.63) is 0 Å². The van der Waals surface area contributed by atoms with Crippen LogP contribution in [0.1, 0.15) is 52.9 Å². The zero-order chi connectivity index (χ0) is 15.0. The first-order chi connectivity index (χ1) is 9.45. The number of nitrogens with one attached hydrogen (secondary N) is 1. The van der Waals surface area contributed by atoms with E-state index in [9.17, 15) is 10.2 Å². The van der Waals surface area contributed by atoms with Gasteiger partial charge in [-0.3, -0.25) is 0 Å². The molecular weight excluding hydrogens is 254 g/mol. The zero-order valence-electron chi connectivity index (χ0n) is 13.4. The highest BCUT2D eigenvalue weighted by Crippen LogP contribution is 2.33. The van der Waals surface area contributed by atoms with Crippen LogP contribution in [0.25, 0.3) is 0 Å². The van der Waals surface area contributed by atoms with Gasteiger partial charge in [-0.15, -0.1) is 0 Å². The Kier molecular flexibility index (Phi) is 8.03. The van der Waals surface area contributed by atoms with Crippen LogP contribution in [0.15, 0.2) is 0 Å². The second-order valence-corrected chi connectivity index (χ2v) is 6.79. The lowest BCUT2D eigenvalue weighted by Gasteiger charge is -2.36. The van der Waals surface area contributed by atoms with Gasteiger partial charge < -0.3 is 20.3 Å². The van der Waals surface area contributed by atoms with E-state index in [1.807, 2.05) is 0 Å². The number of aliphatic hydroxyl groups excluding tert-OH is 1. The molecule has 4 heteroatoms. The maximum Gasteiger partial charge on any atom is 0.0897 e. The molecule has 1 saturated carbocycles. The number of hydrogen-bond acceptors (Lipinski definition) is 4. The molecule has 0 heterocycles. The summed E-state index contributed by atoms with van der Waals surface area (Å²) in [7, 11) is 0. The summed E-state index contributed by atoms with van der Waals surface area (Å²) in [6, 6.07) is 0. The van der Waals surface area contributed by atoms with Crippen molar-refractivity contribution >= 4 is 0 Å². The molecule has 1 fully saturated rings. The number of aliphatic hydroxyl groups is 2. The number of ether oxygens (including phenoxy) is 1. The van der Waals surface area contributed by atoms with Crippen LogP contribution in [0.2, 0.25) is 0 Å². The predicted molar refractivity (Wildman–Crippen MR) is 81.7 cm³/mol. The first kappa shape index (κ1) is 17.9. The monoisotopic (exact) mass is 287 g/mol. The van der Waals surface area contributed by atoms with E-state index in [4.69, 9.17) is 4.74 Å². The molecule has 3 N–H and O–H groups in total. The average molecular weight is 287 g/mol. The van der Waals surface area contributed by atoms with Crippen molar-refractivity contribution in [3.63, 3.8) is 0 Å². The van der Waals surface area contributed by atoms with Gasteiger partial charge in [-0.1, -0.05) is 27.2 Å². The Morgan fingerprint density at radius 1 is 1.25 bits per heavy atom. The zero-order valence-corrected chi connectivity index (χ0v) is 13.4. The Hall–Kier alpha value is -0.160. The molecule has 0 aromatic heterocycles. The van der Waals surface area contributed by atoms with Gasteiger partial charge in [-0.2, -0.15) is 0 Å². The Morgan fingerprint density at radius 3 is 2.45 bits per heavy atom. The fourth-order valence-electron chi connectivity index (χ4n) is 2.77. The predicted octanol–water partition coefficient (Wildman–Crippen LogP) is 1.94. The van der Waals surface area contributed by atoms with Crippen molar-refractivity contribution < 1.29 is 14.9 Å². The molecule has 120 valence electrons. The first-order valence-electron chi connectivity index (χ1n) is 8.14. The van der Waals surface area contributed by atoms with Gasteiger partial charge in [0.25, 0.3) is 0 Å². The van der Waals surface area contributed by atoms with Gasteiger partial charge in [-0.25, -0.2) is 0 Å². The molecule has 0 radical (unpaired) electrons. The van der Waals surface area contributed by atoms with Crippen LogP contribution in [0, 0.1) is 11.8 Å². The van der Waals surface area contributed by atoms with Crippen LogP contribution in [0.4, 0.5) is 0 Å². The molecule has 4 nitrogen and oxygen atoms in total. The van der Waals surface area contributed by atoms with Crippen LogP contribution in [0.5, 0.6) is 0 Å². The summed E-state index contributed by atoms with van der Waals surface area (Å²) >= 11 is 0. The smallest absolute Gasteiger partial charge is 0.0897 e. The average Bonchev–Trinajstić information content (AvgIpc) is 2.39. The second kappa shape index (κ2) is 8.98. The minimum Gasteiger partial charge on any atom is -0.389 e. The second-order valence-electron chi connectivity index (χ2n) is 6.79. The largest absolute Gasteiger partial charge is 0.389 e. The quantitative estimate of drug-likeness (QED) is 0.606. The Bertz CT molecular complexity index is 250. The van der Waals surface area contributed by atoms with Crippen molar-refractivity contribution in [2.45, 2.75) is 64.6 Å². The summed E-state index contributed by atoms with van der Waals surface area (Å²) in [5.74, 6) is 1.27. The molecule has 0 aromatic carbocycles. The summed E-state index contributed by atoms with van der Waals surface area (Å²) in [5.41, 5.74) is -0.579. The van der Waals surface area contributed by atoms with Crippen LogP contribution in [0.3, 0.4) is 0 Å². The summed E-state index contributed by atoms with van der Waals surface area (Å²) in [6.07, 6.45) is 4.71. The van der Waals surface area contributed by atoms with Crippen LogP contribution < -0.4 is 5.32 Å². The van der Waals surface area contributed by atoms with Gasteiger partial charge in [-0.05, 0) is 37.5 Å². The molecule has 20 heavy (non-hydrogen) atoms. The number of hydrogen-bond donors (Lipinski definition) is 3. The molecule has 0 bridgehead atoms. The standard InChI is InChI=1S/C16H33NO3/c1-4-14-5-7-16(19,8-6-14)12-17-9-15(18)11-20-10-13(2)3/h13-15,17-19H,4-12H2,1-3H3. The summed E-state index contributed by atoms with van der Waals surface area (Å²) in [5, 5.41) is 23.4. The van der Waals surface area contributed by atoms with E-state index >= 15 is 0 Å². The van der Waals surface area contributed by atoms with Crippen molar-refractivity contribution in [1.29, 1.82) is 0 Å². The first-order valence-corrected chi connectivity index (χ1v) is 8.14. The molecule has 0 amide bonds. The molecule has 0 spiro atoms. The normalized spacial score (nSPS) is 28.8. The Balaban J connectivity index is 2.10. The minimum absolute atomic E-state index is 0.363. The Labute approximate surface area is 123 Å². The third kappa shape index (κ3) is 7.02. The maximum absolute atomic E-state index is 10.5.